The average Bonchev–Trinajstić information content (AvgIpc) is 2.75. The molecule has 19 heavy (non-hydrogen) atoms. The van der Waals surface area contributed by atoms with Crippen LogP contribution in [0.5, 0.6) is 0 Å². The van der Waals surface area contributed by atoms with Crippen LogP contribution in [0.1, 0.15) is 58.2 Å². The van der Waals surface area contributed by atoms with Gasteiger partial charge in [0.05, 0.1) is 0 Å². The van der Waals surface area contributed by atoms with Crippen molar-refractivity contribution in [1.82, 2.24) is 14.8 Å². The first-order valence-corrected chi connectivity index (χ1v) is 9.08. The number of nitrogens with zero attached hydrogens (tertiary/aromatic N) is 3. The van der Waals surface area contributed by atoms with Gasteiger partial charge in [-0.1, -0.05) is 33.1 Å². The summed E-state index contributed by atoms with van der Waals surface area (Å²) in [6.07, 6.45) is 6.41. The monoisotopic (exact) mass is 305 g/mol. The lowest BCUT2D eigenvalue weighted by Crippen LogP contribution is -2.29. The van der Waals surface area contributed by atoms with E-state index < -0.39 is 9.05 Å². The molecule has 108 valence electrons. The highest BCUT2D eigenvalue weighted by atomic mass is 35.7. The highest BCUT2D eigenvalue weighted by Crippen LogP contribution is 2.38. The van der Waals surface area contributed by atoms with E-state index in [1.54, 1.807) is 4.57 Å². The molecule has 0 atom stereocenters. The molecule has 1 saturated carbocycles. The third kappa shape index (κ3) is 2.94. The Balaban J connectivity index is 2.48. The first kappa shape index (κ1) is 14.8. The maximum atomic E-state index is 11.6. The van der Waals surface area contributed by atoms with Crippen molar-refractivity contribution in [3.8, 4) is 0 Å². The fraction of sp³-hybridized carbons (Fsp3) is 0.833. The molecule has 0 N–H and O–H groups in total. The van der Waals surface area contributed by atoms with Crippen molar-refractivity contribution in [2.45, 2.75) is 69.5 Å². The third-order valence-corrected chi connectivity index (χ3v) is 5.03. The zero-order valence-corrected chi connectivity index (χ0v) is 13.0. The van der Waals surface area contributed by atoms with Crippen LogP contribution in [0.2, 0.25) is 0 Å². The van der Waals surface area contributed by atoms with Crippen molar-refractivity contribution in [1.29, 1.82) is 0 Å². The third-order valence-electron chi connectivity index (χ3n) is 3.88. The largest absolute Gasteiger partial charge is 0.300 e. The maximum Gasteiger partial charge on any atom is 0.296 e. The molecule has 5 nitrogen and oxygen atoms in total. The van der Waals surface area contributed by atoms with Crippen LogP contribution in [0, 0.1) is 0 Å². The molecule has 1 aliphatic rings. The topological polar surface area (TPSA) is 64.8 Å². The van der Waals surface area contributed by atoms with Crippen molar-refractivity contribution >= 4 is 19.7 Å². The first-order chi connectivity index (χ1) is 8.88. The van der Waals surface area contributed by atoms with Gasteiger partial charge >= 0.3 is 0 Å². The van der Waals surface area contributed by atoms with E-state index >= 15 is 0 Å². The molecule has 1 fully saturated rings. The van der Waals surface area contributed by atoms with Crippen molar-refractivity contribution in [3.05, 3.63) is 5.82 Å². The minimum atomic E-state index is -3.84. The fourth-order valence-corrected chi connectivity index (χ4v) is 3.82. The lowest BCUT2D eigenvalue weighted by Gasteiger charge is -2.32. The van der Waals surface area contributed by atoms with Gasteiger partial charge in [0.25, 0.3) is 14.2 Å². The summed E-state index contributed by atoms with van der Waals surface area (Å²) in [4.78, 5) is 0. The average molecular weight is 306 g/mol. The van der Waals surface area contributed by atoms with Crippen LogP contribution in [-0.4, -0.2) is 23.2 Å². The Morgan fingerprint density at radius 2 is 1.89 bits per heavy atom. The highest BCUT2D eigenvalue weighted by molar-refractivity contribution is 8.13. The lowest BCUT2D eigenvalue weighted by atomic mass is 9.75. The molecule has 2 rings (SSSR count). The Morgan fingerprint density at radius 1 is 1.26 bits per heavy atom. The number of hydrogen-bond acceptors (Lipinski definition) is 4. The zero-order chi connectivity index (χ0) is 14.1. The van der Waals surface area contributed by atoms with Gasteiger partial charge in [0, 0.05) is 22.6 Å². The van der Waals surface area contributed by atoms with Crippen LogP contribution < -0.4 is 0 Å². The van der Waals surface area contributed by atoms with Crippen LogP contribution >= 0.6 is 10.7 Å². The van der Waals surface area contributed by atoms with Gasteiger partial charge < -0.3 is 4.57 Å². The molecule has 7 heteroatoms. The van der Waals surface area contributed by atoms with Gasteiger partial charge in [0.1, 0.15) is 5.82 Å². The molecule has 1 aromatic heterocycles. The molecular weight excluding hydrogens is 286 g/mol. The first-order valence-electron chi connectivity index (χ1n) is 6.77. The Kier molecular flexibility index (Phi) is 4.20. The normalized spacial score (nSPS) is 19.5. The summed E-state index contributed by atoms with van der Waals surface area (Å²) in [5, 5.41) is 7.85. The van der Waals surface area contributed by atoms with E-state index in [4.69, 9.17) is 10.7 Å². The second-order valence-corrected chi connectivity index (χ2v) is 7.98. The molecular formula is C12H20ClN3O2S. The molecule has 0 amide bonds. The quantitative estimate of drug-likeness (QED) is 0.802. The molecule has 0 aliphatic heterocycles. The van der Waals surface area contributed by atoms with E-state index in [1.807, 2.05) is 6.92 Å². The summed E-state index contributed by atoms with van der Waals surface area (Å²) in [5.74, 6) is 0.772. The van der Waals surface area contributed by atoms with Gasteiger partial charge in [0.2, 0.25) is 0 Å². The van der Waals surface area contributed by atoms with E-state index in [0.29, 0.717) is 6.54 Å². The molecule has 1 heterocycles. The predicted molar refractivity (Wildman–Crippen MR) is 73.8 cm³/mol. The molecule has 0 aromatic carbocycles. The molecule has 0 unspecified atom stereocenters. The van der Waals surface area contributed by atoms with Gasteiger partial charge in [-0.3, -0.25) is 0 Å². The Labute approximate surface area is 118 Å². The van der Waals surface area contributed by atoms with E-state index in [9.17, 15) is 8.42 Å². The molecule has 0 spiro atoms. The van der Waals surface area contributed by atoms with E-state index in [2.05, 4.69) is 17.1 Å². The van der Waals surface area contributed by atoms with E-state index in [1.165, 1.54) is 6.42 Å². The summed E-state index contributed by atoms with van der Waals surface area (Å²) in [5.41, 5.74) is -0.0831. The Morgan fingerprint density at radius 3 is 2.42 bits per heavy atom. The van der Waals surface area contributed by atoms with Gasteiger partial charge in [-0.15, -0.1) is 10.2 Å². The smallest absolute Gasteiger partial charge is 0.296 e. The van der Waals surface area contributed by atoms with Crippen molar-refractivity contribution < 1.29 is 8.42 Å². The standard InChI is InChI=1S/C12H20ClN3O2S/c1-3-9-16-10(12(2)7-5-4-6-8-12)14-15-11(16)19(13,17)18/h3-9H2,1-2H3. The molecule has 1 aliphatic carbocycles. The molecule has 1 aromatic rings. The number of hydrogen-bond donors (Lipinski definition) is 0. The highest BCUT2D eigenvalue weighted by Gasteiger charge is 2.36. The van der Waals surface area contributed by atoms with Crippen molar-refractivity contribution in [2.24, 2.45) is 0 Å². The minimum absolute atomic E-state index is 0.0831. The fourth-order valence-electron chi connectivity index (χ4n) is 2.90. The van der Waals surface area contributed by atoms with Gasteiger partial charge in [-0.05, 0) is 19.3 Å². The van der Waals surface area contributed by atoms with Crippen LogP contribution in [0.3, 0.4) is 0 Å². The summed E-state index contributed by atoms with van der Waals surface area (Å²) in [6, 6.07) is 0. The lowest BCUT2D eigenvalue weighted by molar-refractivity contribution is 0.291. The van der Waals surface area contributed by atoms with Gasteiger partial charge in [-0.25, -0.2) is 8.42 Å². The van der Waals surface area contributed by atoms with Crippen LogP contribution in [0.25, 0.3) is 0 Å². The van der Waals surface area contributed by atoms with Crippen molar-refractivity contribution in [2.75, 3.05) is 0 Å². The summed E-state index contributed by atoms with van der Waals surface area (Å²) in [7, 11) is 1.61. The van der Waals surface area contributed by atoms with Crippen molar-refractivity contribution in [3.63, 3.8) is 0 Å². The predicted octanol–water partition coefficient (Wildman–Crippen LogP) is 2.84. The van der Waals surface area contributed by atoms with E-state index in [-0.39, 0.29) is 10.6 Å². The maximum absolute atomic E-state index is 11.6. The van der Waals surface area contributed by atoms with Gasteiger partial charge in [0.15, 0.2) is 0 Å². The number of halogens is 1. The van der Waals surface area contributed by atoms with Crippen LogP contribution in [0.15, 0.2) is 5.16 Å². The van der Waals surface area contributed by atoms with Crippen LogP contribution in [-0.2, 0) is 21.0 Å². The SMILES string of the molecule is CCCn1c(C2(C)CCCCC2)nnc1S(=O)(=O)Cl. The molecule has 0 saturated heterocycles. The Bertz CT molecular complexity index is 547. The summed E-state index contributed by atoms with van der Waals surface area (Å²) in [6.45, 7) is 4.73. The number of rotatable bonds is 4. The van der Waals surface area contributed by atoms with Gasteiger partial charge in [-0.2, -0.15) is 0 Å². The van der Waals surface area contributed by atoms with Crippen LogP contribution in [0.4, 0.5) is 0 Å². The summed E-state index contributed by atoms with van der Waals surface area (Å²) < 4.78 is 24.8. The number of aromatic nitrogens is 3. The second kappa shape index (κ2) is 5.40. The zero-order valence-electron chi connectivity index (χ0n) is 11.4. The molecule has 0 radical (unpaired) electrons. The summed E-state index contributed by atoms with van der Waals surface area (Å²) >= 11 is 0. The minimum Gasteiger partial charge on any atom is -0.300 e. The molecule has 0 bridgehead atoms. The Hall–Kier alpha value is -0.620. The second-order valence-electron chi connectivity index (χ2n) is 5.52. The van der Waals surface area contributed by atoms with E-state index in [0.717, 1.165) is 37.9 Å².